The van der Waals surface area contributed by atoms with Crippen molar-refractivity contribution in [3.63, 3.8) is 0 Å². The lowest BCUT2D eigenvalue weighted by Gasteiger charge is -2.23. The van der Waals surface area contributed by atoms with E-state index in [2.05, 4.69) is 27.9 Å². The van der Waals surface area contributed by atoms with E-state index in [0.29, 0.717) is 11.3 Å². The Labute approximate surface area is 125 Å². The van der Waals surface area contributed by atoms with Gasteiger partial charge >= 0.3 is 0 Å². The molecule has 116 valence electrons. The van der Waals surface area contributed by atoms with Gasteiger partial charge in [-0.05, 0) is 26.3 Å². The second-order valence-corrected chi connectivity index (χ2v) is 5.49. The molecule has 0 aliphatic carbocycles. The van der Waals surface area contributed by atoms with Gasteiger partial charge in [0.05, 0.1) is 22.9 Å². The molecule has 0 aliphatic rings. The summed E-state index contributed by atoms with van der Waals surface area (Å²) >= 11 is 0. The van der Waals surface area contributed by atoms with Crippen LogP contribution in [0.1, 0.15) is 37.6 Å². The lowest BCUT2D eigenvalue weighted by Crippen LogP contribution is -2.43. The Bertz CT molecular complexity index is 500. The summed E-state index contributed by atoms with van der Waals surface area (Å²) in [7, 11) is 1.58. The van der Waals surface area contributed by atoms with Crippen molar-refractivity contribution in [1.29, 1.82) is 0 Å². The van der Waals surface area contributed by atoms with Gasteiger partial charge < -0.3 is 16.0 Å². The van der Waals surface area contributed by atoms with Crippen LogP contribution in [0.15, 0.2) is 18.5 Å². The maximum Gasteiger partial charge on any atom is 0.253 e. The van der Waals surface area contributed by atoms with Crippen LogP contribution in [0.25, 0.3) is 0 Å². The first kappa shape index (κ1) is 16.9. The Kier molecular flexibility index (Phi) is 6.14. The molecule has 0 saturated carbocycles. The summed E-state index contributed by atoms with van der Waals surface area (Å²) < 4.78 is 0. The van der Waals surface area contributed by atoms with E-state index in [1.165, 1.54) is 0 Å². The third-order valence-electron chi connectivity index (χ3n) is 3.16. The largest absolute Gasteiger partial charge is 0.383 e. The number of carbonyl (C=O) groups is 2. The maximum atomic E-state index is 12.3. The van der Waals surface area contributed by atoms with Crippen LogP contribution < -0.4 is 16.0 Å². The van der Waals surface area contributed by atoms with E-state index in [-0.39, 0.29) is 18.4 Å². The van der Waals surface area contributed by atoms with Gasteiger partial charge in [0, 0.05) is 26.3 Å². The molecular weight excluding hydrogens is 268 g/mol. The summed E-state index contributed by atoms with van der Waals surface area (Å²) in [5.74, 6) is -0.324. The van der Waals surface area contributed by atoms with Gasteiger partial charge in [-0.2, -0.15) is 0 Å². The highest BCUT2D eigenvalue weighted by Crippen LogP contribution is 2.16. The zero-order valence-electron chi connectivity index (χ0n) is 13.1. The topological polar surface area (TPSA) is 83.1 Å². The van der Waals surface area contributed by atoms with E-state index in [1.54, 1.807) is 39.4 Å². The molecule has 0 unspecified atom stereocenters. The van der Waals surface area contributed by atoms with Crippen LogP contribution in [0.2, 0.25) is 0 Å². The molecule has 0 bridgehead atoms. The number of rotatable bonds is 7. The lowest BCUT2D eigenvalue weighted by atomic mass is 9.92. The SMILES string of the molecule is CCCNc1cnccc1C(=O)NCC(C)(C)C(=O)NC. The molecule has 0 aliphatic heterocycles. The molecule has 2 amide bonds. The molecule has 1 rings (SSSR count). The van der Waals surface area contributed by atoms with E-state index in [9.17, 15) is 9.59 Å². The number of anilines is 1. The molecular formula is C15H24N4O2. The third-order valence-corrected chi connectivity index (χ3v) is 3.16. The smallest absolute Gasteiger partial charge is 0.253 e. The van der Waals surface area contributed by atoms with Gasteiger partial charge in [0.15, 0.2) is 0 Å². The van der Waals surface area contributed by atoms with Gasteiger partial charge in [0.2, 0.25) is 5.91 Å². The molecule has 0 atom stereocenters. The van der Waals surface area contributed by atoms with Crippen LogP contribution in [0, 0.1) is 5.41 Å². The molecule has 0 spiro atoms. The first-order valence-corrected chi connectivity index (χ1v) is 7.10. The molecule has 1 heterocycles. The molecule has 0 aromatic carbocycles. The fourth-order valence-electron chi connectivity index (χ4n) is 1.81. The molecule has 6 nitrogen and oxygen atoms in total. The van der Waals surface area contributed by atoms with E-state index in [4.69, 9.17) is 0 Å². The molecule has 0 radical (unpaired) electrons. The zero-order chi connectivity index (χ0) is 15.9. The summed E-state index contributed by atoms with van der Waals surface area (Å²) in [6, 6.07) is 1.67. The Hall–Kier alpha value is -2.11. The highest BCUT2D eigenvalue weighted by Gasteiger charge is 2.27. The van der Waals surface area contributed by atoms with Gasteiger partial charge in [-0.25, -0.2) is 0 Å². The Morgan fingerprint density at radius 1 is 1.33 bits per heavy atom. The normalized spacial score (nSPS) is 10.9. The Morgan fingerprint density at radius 2 is 2.05 bits per heavy atom. The highest BCUT2D eigenvalue weighted by atomic mass is 16.2. The van der Waals surface area contributed by atoms with Gasteiger partial charge in [0.25, 0.3) is 5.91 Å². The number of hydrogen-bond donors (Lipinski definition) is 3. The third kappa shape index (κ3) is 4.73. The Morgan fingerprint density at radius 3 is 2.67 bits per heavy atom. The average Bonchev–Trinajstić information content (AvgIpc) is 2.50. The van der Waals surface area contributed by atoms with Crippen molar-refractivity contribution in [3.05, 3.63) is 24.0 Å². The van der Waals surface area contributed by atoms with Gasteiger partial charge in [-0.15, -0.1) is 0 Å². The van der Waals surface area contributed by atoms with E-state index < -0.39 is 5.41 Å². The number of carbonyl (C=O) groups excluding carboxylic acids is 2. The molecule has 0 saturated heterocycles. The summed E-state index contributed by atoms with van der Waals surface area (Å²) in [6.45, 7) is 6.66. The van der Waals surface area contributed by atoms with Crippen molar-refractivity contribution in [3.8, 4) is 0 Å². The lowest BCUT2D eigenvalue weighted by molar-refractivity contribution is -0.128. The number of pyridine rings is 1. The van der Waals surface area contributed by atoms with Crippen LogP contribution in [0.5, 0.6) is 0 Å². The summed E-state index contributed by atoms with van der Waals surface area (Å²) in [4.78, 5) is 28.0. The maximum absolute atomic E-state index is 12.3. The van der Waals surface area contributed by atoms with Crippen molar-refractivity contribution in [1.82, 2.24) is 15.6 Å². The van der Waals surface area contributed by atoms with Crippen LogP contribution >= 0.6 is 0 Å². The van der Waals surface area contributed by atoms with Gasteiger partial charge in [0.1, 0.15) is 0 Å². The van der Waals surface area contributed by atoms with E-state index in [1.807, 2.05) is 0 Å². The van der Waals surface area contributed by atoms with Crippen molar-refractivity contribution in [2.75, 3.05) is 25.5 Å². The minimum atomic E-state index is -0.658. The molecule has 0 fully saturated rings. The quantitative estimate of drug-likeness (QED) is 0.709. The second-order valence-electron chi connectivity index (χ2n) is 5.49. The molecule has 21 heavy (non-hydrogen) atoms. The molecule has 1 aromatic rings. The zero-order valence-corrected chi connectivity index (χ0v) is 13.1. The molecule has 1 aromatic heterocycles. The summed E-state index contributed by atoms with van der Waals surface area (Å²) in [5.41, 5.74) is 0.579. The van der Waals surface area contributed by atoms with Crippen LogP contribution in [0.4, 0.5) is 5.69 Å². The van der Waals surface area contributed by atoms with Crippen LogP contribution in [0.3, 0.4) is 0 Å². The summed E-state index contributed by atoms with van der Waals surface area (Å²) in [5, 5.41) is 8.57. The van der Waals surface area contributed by atoms with Crippen molar-refractivity contribution in [2.45, 2.75) is 27.2 Å². The van der Waals surface area contributed by atoms with E-state index >= 15 is 0 Å². The number of amides is 2. The minimum absolute atomic E-state index is 0.109. The second kappa shape index (κ2) is 7.61. The fourth-order valence-corrected chi connectivity index (χ4v) is 1.81. The van der Waals surface area contributed by atoms with Gasteiger partial charge in [-0.1, -0.05) is 6.92 Å². The van der Waals surface area contributed by atoms with Crippen molar-refractivity contribution < 1.29 is 9.59 Å². The standard InChI is InChI=1S/C15H24N4O2/c1-5-7-18-12-9-17-8-6-11(12)13(20)19-10-15(2,3)14(21)16-4/h6,8-9,18H,5,7,10H2,1-4H3,(H,16,21)(H,19,20). The Balaban J connectivity index is 2.74. The number of nitrogens with one attached hydrogen (secondary N) is 3. The number of nitrogens with zero attached hydrogens (tertiary/aromatic N) is 1. The van der Waals surface area contributed by atoms with E-state index in [0.717, 1.165) is 13.0 Å². The summed E-state index contributed by atoms with van der Waals surface area (Å²) in [6.07, 6.45) is 4.17. The predicted molar refractivity (Wildman–Crippen MR) is 83.2 cm³/mol. The van der Waals surface area contributed by atoms with Crippen molar-refractivity contribution >= 4 is 17.5 Å². The minimum Gasteiger partial charge on any atom is -0.383 e. The first-order valence-electron chi connectivity index (χ1n) is 7.10. The van der Waals surface area contributed by atoms with Crippen molar-refractivity contribution in [2.24, 2.45) is 5.41 Å². The predicted octanol–water partition coefficient (Wildman–Crippen LogP) is 1.41. The fraction of sp³-hybridized carbons (Fsp3) is 0.533. The number of hydrogen-bond acceptors (Lipinski definition) is 4. The average molecular weight is 292 g/mol. The molecule has 6 heteroatoms. The highest BCUT2D eigenvalue weighted by molar-refractivity contribution is 5.99. The van der Waals surface area contributed by atoms with Crippen LogP contribution in [-0.4, -0.2) is 36.9 Å². The van der Waals surface area contributed by atoms with Gasteiger partial charge in [-0.3, -0.25) is 14.6 Å². The molecule has 3 N–H and O–H groups in total. The first-order chi connectivity index (χ1) is 9.92. The number of aromatic nitrogens is 1. The van der Waals surface area contributed by atoms with Crippen LogP contribution in [-0.2, 0) is 4.79 Å². The monoisotopic (exact) mass is 292 g/mol.